The number of alkyl halides is 1. The van der Waals surface area contributed by atoms with Crippen molar-refractivity contribution in [2.75, 3.05) is 13.2 Å². The zero-order chi connectivity index (χ0) is 22.6. The van der Waals surface area contributed by atoms with E-state index in [-0.39, 0.29) is 6.61 Å². The molecule has 0 spiro atoms. The van der Waals surface area contributed by atoms with Gasteiger partial charge in [-0.25, -0.2) is 18.7 Å². The molecule has 0 unspecified atom stereocenters. The average molecular weight is 430 g/mol. The van der Waals surface area contributed by atoms with Gasteiger partial charge in [0.1, 0.15) is 24.3 Å². The van der Waals surface area contributed by atoms with E-state index >= 15 is 0 Å². The van der Waals surface area contributed by atoms with E-state index in [1.54, 1.807) is 16.8 Å². The number of amides is 1. The second-order valence-electron chi connectivity index (χ2n) is 8.20. The quantitative estimate of drug-likeness (QED) is 0.596. The molecule has 31 heavy (non-hydrogen) atoms. The number of benzene rings is 1. The highest BCUT2D eigenvalue weighted by molar-refractivity contribution is 5.78. The van der Waals surface area contributed by atoms with Gasteiger partial charge < -0.3 is 19.9 Å². The standard InChI is InChI=1S/C22H27FN4O4/c1-14-7-15(5-6-16(14)9-24-21(29)31-22(2,3)4)20-19-8-18(30-12-17(23)11-28)10-27(19)26-13-25-20/h5-8,10,13,17,28H,9,11-12H2,1-4H3,(H,24,29)/t17-/m0/s1. The maximum Gasteiger partial charge on any atom is 0.407 e. The van der Waals surface area contributed by atoms with Crippen LogP contribution in [-0.2, 0) is 11.3 Å². The fraction of sp³-hybridized carbons (Fsp3) is 0.409. The Morgan fingerprint density at radius 3 is 2.77 bits per heavy atom. The molecule has 0 radical (unpaired) electrons. The van der Waals surface area contributed by atoms with E-state index in [4.69, 9.17) is 14.6 Å². The molecule has 0 bridgehead atoms. The third-order valence-corrected chi connectivity index (χ3v) is 4.45. The minimum Gasteiger partial charge on any atom is -0.489 e. The topological polar surface area (TPSA) is 98.0 Å². The second-order valence-corrected chi connectivity index (χ2v) is 8.20. The third-order valence-electron chi connectivity index (χ3n) is 4.45. The fourth-order valence-electron chi connectivity index (χ4n) is 2.97. The molecule has 2 N–H and O–H groups in total. The van der Waals surface area contributed by atoms with E-state index < -0.39 is 24.5 Å². The molecule has 0 aliphatic carbocycles. The highest BCUT2D eigenvalue weighted by atomic mass is 19.1. The van der Waals surface area contributed by atoms with Gasteiger partial charge in [0, 0.05) is 18.2 Å². The summed E-state index contributed by atoms with van der Waals surface area (Å²) < 4.78 is 25.5. The first-order chi connectivity index (χ1) is 14.7. The Kier molecular flexibility index (Phi) is 6.74. The molecule has 2 heterocycles. The molecule has 166 valence electrons. The van der Waals surface area contributed by atoms with Crippen molar-refractivity contribution in [2.24, 2.45) is 0 Å². The fourth-order valence-corrected chi connectivity index (χ4v) is 2.97. The van der Waals surface area contributed by atoms with Gasteiger partial charge in [0.05, 0.1) is 24.0 Å². The number of aromatic nitrogens is 3. The van der Waals surface area contributed by atoms with Crippen molar-refractivity contribution in [3.05, 3.63) is 47.9 Å². The minimum atomic E-state index is -1.45. The first kappa shape index (κ1) is 22.5. The largest absolute Gasteiger partial charge is 0.489 e. The predicted molar refractivity (Wildman–Crippen MR) is 114 cm³/mol. The van der Waals surface area contributed by atoms with Crippen molar-refractivity contribution in [2.45, 2.75) is 46.0 Å². The predicted octanol–water partition coefficient (Wildman–Crippen LogP) is 3.44. The highest BCUT2D eigenvalue weighted by Crippen LogP contribution is 2.27. The Morgan fingerprint density at radius 2 is 2.10 bits per heavy atom. The molecule has 1 aromatic carbocycles. The maximum absolute atomic E-state index is 13.2. The van der Waals surface area contributed by atoms with Crippen LogP contribution in [0.15, 0.2) is 36.8 Å². The molecule has 9 heteroatoms. The second kappa shape index (κ2) is 9.30. The summed E-state index contributed by atoms with van der Waals surface area (Å²) >= 11 is 0. The van der Waals surface area contributed by atoms with E-state index in [0.29, 0.717) is 23.5 Å². The molecule has 1 atom stereocenters. The number of nitrogens with zero attached hydrogens (tertiary/aromatic N) is 3. The Balaban J connectivity index is 1.77. The summed E-state index contributed by atoms with van der Waals surface area (Å²) in [6.45, 7) is 6.91. The average Bonchev–Trinajstić information content (AvgIpc) is 3.13. The maximum atomic E-state index is 13.2. The minimum absolute atomic E-state index is 0.241. The van der Waals surface area contributed by atoms with Gasteiger partial charge in [0.2, 0.25) is 0 Å². The lowest BCUT2D eigenvalue weighted by Gasteiger charge is -2.20. The number of aliphatic hydroxyl groups excluding tert-OH is 1. The van der Waals surface area contributed by atoms with Gasteiger partial charge >= 0.3 is 6.09 Å². The van der Waals surface area contributed by atoms with Crippen molar-refractivity contribution in [3.63, 3.8) is 0 Å². The summed E-state index contributed by atoms with van der Waals surface area (Å²) in [4.78, 5) is 16.3. The van der Waals surface area contributed by atoms with Crippen LogP contribution in [0.5, 0.6) is 5.75 Å². The summed E-state index contributed by atoms with van der Waals surface area (Å²) in [6.07, 6.45) is 1.16. The van der Waals surface area contributed by atoms with Crippen LogP contribution in [-0.4, -0.2) is 50.8 Å². The number of rotatable bonds is 7. The normalized spacial score (nSPS) is 12.6. The van der Waals surface area contributed by atoms with Crippen LogP contribution in [0.4, 0.5) is 9.18 Å². The van der Waals surface area contributed by atoms with Gasteiger partial charge in [-0.3, -0.25) is 0 Å². The molecule has 1 amide bonds. The van der Waals surface area contributed by atoms with Crippen LogP contribution >= 0.6 is 0 Å². The number of halogens is 1. The molecule has 3 rings (SSSR count). The van der Waals surface area contributed by atoms with Crippen molar-refractivity contribution >= 4 is 11.6 Å². The molecular weight excluding hydrogens is 403 g/mol. The van der Waals surface area contributed by atoms with Crippen molar-refractivity contribution in [1.82, 2.24) is 19.9 Å². The monoisotopic (exact) mass is 430 g/mol. The Morgan fingerprint density at radius 1 is 1.32 bits per heavy atom. The number of carbonyl (C=O) groups excluding carboxylic acids is 1. The van der Waals surface area contributed by atoms with Gasteiger partial charge in [-0.2, -0.15) is 5.10 Å². The lowest BCUT2D eigenvalue weighted by Crippen LogP contribution is -2.32. The first-order valence-corrected chi connectivity index (χ1v) is 9.94. The zero-order valence-corrected chi connectivity index (χ0v) is 18.1. The Labute approximate surface area is 180 Å². The number of ether oxygens (including phenoxy) is 2. The number of hydrogen-bond donors (Lipinski definition) is 2. The number of hydrogen-bond acceptors (Lipinski definition) is 6. The molecule has 0 fully saturated rings. The zero-order valence-electron chi connectivity index (χ0n) is 18.1. The first-order valence-electron chi connectivity index (χ1n) is 9.94. The van der Waals surface area contributed by atoms with E-state index in [1.165, 1.54) is 6.33 Å². The van der Waals surface area contributed by atoms with Crippen LogP contribution in [0.25, 0.3) is 16.8 Å². The van der Waals surface area contributed by atoms with E-state index in [0.717, 1.165) is 16.7 Å². The lowest BCUT2D eigenvalue weighted by molar-refractivity contribution is 0.0523. The molecule has 3 aromatic rings. The molecule has 0 saturated carbocycles. The number of alkyl carbamates (subject to hydrolysis) is 1. The molecule has 2 aromatic heterocycles. The lowest BCUT2D eigenvalue weighted by atomic mass is 10.0. The van der Waals surface area contributed by atoms with Crippen LogP contribution in [0.3, 0.4) is 0 Å². The number of nitrogens with one attached hydrogen (secondary N) is 1. The van der Waals surface area contributed by atoms with E-state index in [1.807, 2.05) is 45.9 Å². The summed E-state index contributed by atoms with van der Waals surface area (Å²) in [6, 6.07) is 7.55. The van der Waals surface area contributed by atoms with Crippen molar-refractivity contribution < 1.29 is 23.8 Å². The van der Waals surface area contributed by atoms with E-state index in [9.17, 15) is 9.18 Å². The van der Waals surface area contributed by atoms with Gasteiger partial charge in [0.15, 0.2) is 6.17 Å². The molecule has 0 saturated heterocycles. The number of aliphatic hydroxyl groups is 1. The van der Waals surface area contributed by atoms with E-state index in [2.05, 4.69) is 15.4 Å². The van der Waals surface area contributed by atoms with Gasteiger partial charge in [0.25, 0.3) is 0 Å². The molecule has 0 aliphatic heterocycles. The van der Waals surface area contributed by atoms with Crippen LogP contribution in [0.1, 0.15) is 31.9 Å². The summed E-state index contributed by atoms with van der Waals surface area (Å²) in [5, 5.41) is 15.7. The SMILES string of the molecule is Cc1cc(-c2ncnn3cc(OC[C@@H](F)CO)cc23)ccc1CNC(=O)OC(C)(C)C. The number of carbonyl (C=O) groups is 1. The summed E-state index contributed by atoms with van der Waals surface area (Å²) in [5.74, 6) is 0.438. The smallest absolute Gasteiger partial charge is 0.407 e. The Bertz CT molecular complexity index is 1060. The third kappa shape index (κ3) is 5.91. The molecule has 8 nitrogen and oxygen atoms in total. The van der Waals surface area contributed by atoms with Crippen molar-refractivity contribution in [3.8, 4) is 17.0 Å². The molecular formula is C22H27FN4O4. The van der Waals surface area contributed by atoms with Crippen molar-refractivity contribution in [1.29, 1.82) is 0 Å². The van der Waals surface area contributed by atoms with Crippen LogP contribution in [0, 0.1) is 6.92 Å². The van der Waals surface area contributed by atoms with Gasteiger partial charge in [-0.1, -0.05) is 12.1 Å². The highest BCUT2D eigenvalue weighted by Gasteiger charge is 2.16. The molecule has 0 aliphatic rings. The summed E-state index contributed by atoms with van der Waals surface area (Å²) in [7, 11) is 0. The number of fused-ring (bicyclic) bond motifs is 1. The van der Waals surface area contributed by atoms with Crippen LogP contribution in [0.2, 0.25) is 0 Å². The van der Waals surface area contributed by atoms with Gasteiger partial charge in [-0.05, 0) is 44.9 Å². The Hall–Kier alpha value is -3.20. The van der Waals surface area contributed by atoms with Gasteiger partial charge in [-0.15, -0.1) is 0 Å². The van der Waals surface area contributed by atoms with Crippen LogP contribution < -0.4 is 10.1 Å². The summed E-state index contributed by atoms with van der Waals surface area (Å²) in [5.41, 5.74) is 3.65. The number of aryl methyl sites for hydroxylation is 1.